The first kappa shape index (κ1) is 21.6. The minimum absolute atomic E-state index is 0.0414. The number of imidazole rings is 2. The lowest BCUT2D eigenvalue weighted by atomic mass is 10.2. The van der Waals surface area contributed by atoms with E-state index in [2.05, 4.69) is 33.9 Å². The second-order valence-electron chi connectivity index (χ2n) is 8.90. The molecule has 10 heteroatoms. The van der Waals surface area contributed by atoms with E-state index in [1.807, 2.05) is 40.7 Å². The number of nitrogens with one attached hydrogen (secondary N) is 1. The summed E-state index contributed by atoms with van der Waals surface area (Å²) >= 11 is 1.59. The maximum absolute atomic E-state index is 13.1. The molecule has 0 radical (unpaired) electrons. The van der Waals surface area contributed by atoms with Crippen molar-refractivity contribution < 1.29 is 4.79 Å². The number of nitrogens with zero attached hydrogens (tertiary/aromatic N) is 6. The van der Waals surface area contributed by atoms with Gasteiger partial charge in [0.25, 0.3) is 0 Å². The lowest BCUT2D eigenvalue weighted by Gasteiger charge is -2.35. The number of piperazine rings is 1. The Hall–Kier alpha value is -3.92. The largest absolute Gasteiger partial charge is 0.358 e. The molecule has 0 spiro atoms. The van der Waals surface area contributed by atoms with Gasteiger partial charge in [-0.1, -0.05) is 18.2 Å². The summed E-state index contributed by atoms with van der Waals surface area (Å²) in [5, 5.41) is 1.05. The lowest BCUT2D eigenvalue weighted by molar-refractivity contribution is -0.132. The van der Waals surface area contributed by atoms with Crippen molar-refractivity contribution >= 4 is 44.3 Å². The zero-order chi connectivity index (χ0) is 24.1. The number of aromatic nitrogens is 5. The van der Waals surface area contributed by atoms with Crippen LogP contribution in [-0.2, 0) is 18.4 Å². The van der Waals surface area contributed by atoms with Crippen LogP contribution in [0.2, 0.25) is 0 Å². The van der Waals surface area contributed by atoms with Crippen LogP contribution >= 0.6 is 11.3 Å². The zero-order valence-corrected chi connectivity index (χ0v) is 20.4. The normalized spacial score (nSPS) is 14.3. The van der Waals surface area contributed by atoms with Crippen molar-refractivity contribution in [2.24, 2.45) is 7.05 Å². The molecule has 0 saturated carbocycles. The highest BCUT2D eigenvalue weighted by atomic mass is 32.1. The van der Waals surface area contributed by atoms with Crippen molar-refractivity contribution in [1.29, 1.82) is 0 Å². The third-order valence-electron chi connectivity index (χ3n) is 6.68. The lowest BCUT2D eigenvalue weighted by Crippen LogP contribution is -2.50. The molecule has 178 valence electrons. The number of anilines is 1. The molecule has 1 amide bonds. The van der Waals surface area contributed by atoms with Gasteiger partial charge in [0.15, 0.2) is 5.82 Å². The summed E-state index contributed by atoms with van der Waals surface area (Å²) in [7, 11) is 1.74. The molecule has 0 atom stereocenters. The molecule has 0 unspecified atom stereocenters. The first-order valence-corrected chi connectivity index (χ1v) is 12.4. The predicted molar refractivity (Wildman–Crippen MR) is 138 cm³/mol. The van der Waals surface area contributed by atoms with Gasteiger partial charge in [0, 0.05) is 33.2 Å². The molecule has 5 aromatic rings. The zero-order valence-electron chi connectivity index (χ0n) is 19.6. The van der Waals surface area contributed by atoms with Gasteiger partial charge in [-0.15, -0.1) is 11.3 Å². The van der Waals surface area contributed by atoms with Gasteiger partial charge in [-0.25, -0.2) is 14.8 Å². The molecule has 4 heterocycles. The smallest absolute Gasteiger partial charge is 0.329 e. The van der Waals surface area contributed by atoms with Crippen LogP contribution in [0.3, 0.4) is 0 Å². The standard InChI is InChI=1S/C25H25N7O2S/c1-16-7-8-17-18(13-16)28-23(27-17)22-24(35-15-26-22)31-11-9-30(10-12-31)21(33)14-32-20-6-4-3-5-19(20)29(2)25(32)34/h3-8,13,15H,9-12,14H2,1-2H3,(H,27,28). The van der Waals surface area contributed by atoms with Gasteiger partial charge in [0.05, 0.1) is 27.6 Å². The molecule has 35 heavy (non-hydrogen) atoms. The number of aryl methyl sites for hydroxylation is 2. The molecule has 1 fully saturated rings. The molecule has 0 bridgehead atoms. The van der Waals surface area contributed by atoms with Gasteiger partial charge >= 0.3 is 5.69 Å². The molecule has 1 aliphatic heterocycles. The summed E-state index contributed by atoms with van der Waals surface area (Å²) in [5.74, 6) is 0.718. The Morgan fingerprint density at radius 2 is 1.86 bits per heavy atom. The van der Waals surface area contributed by atoms with Crippen molar-refractivity contribution in [2.75, 3.05) is 31.1 Å². The van der Waals surface area contributed by atoms with Crippen molar-refractivity contribution in [3.8, 4) is 11.5 Å². The van der Waals surface area contributed by atoms with Gasteiger partial charge in [0.2, 0.25) is 5.91 Å². The first-order chi connectivity index (χ1) is 17.0. The van der Waals surface area contributed by atoms with E-state index < -0.39 is 0 Å². The molecule has 3 aromatic heterocycles. The molecule has 6 rings (SSSR count). The molecular weight excluding hydrogens is 462 g/mol. The van der Waals surface area contributed by atoms with Gasteiger partial charge in [0.1, 0.15) is 17.2 Å². The van der Waals surface area contributed by atoms with E-state index in [0.29, 0.717) is 26.2 Å². The Morgan fingerprint density at radius 3 is 2.66 bits per heavy atom. The van der Waals surface area contributed by atoms with Gasteiger partial charge in [-0.2, -0.15) is 0 Å². The Bertz CT molecular complexity index is 1620. The maximum atomic E-state index is 13.1. The number of aromatic amines is 1. The molecule has 0 aliphatic carbocycles. The van der Waals surface area contributed by atoms with E-state index in [1.165, 1.54) is 5.56 Å². The predicted octanol–water partition coefficient (Wildman–Crippen LogP) is 3.00. The summed E-state index contributed by atoms with van der Waals surface area (Å²) in [4.78, 5) is 42.6. The van der Waals surface area contributed by atoms with Crippen molar-refractivity contribution in [3.05, 3.63) is 64.0 Å². The summed E-state index contributed by atoms with van der Waals surface area (Å²) < 4.78 is 3.15. The molecule has 1 N–H and O–H groups in total. The number of H-pyrrole nitrogens is 1. The third-order valence-corrected chi connectivity index (χ3v) is 7.56. The van der Waals surface area contributed by atoms with Crippen molar-refractivity contribution in [1.82, 2.24) is 29.0 Å². The van der Waals surface area contributed by atoms with Gasteiger partial charge < -0.3 is 14.8 Å². The van der Waals surface area contributed by atoms with Crippen LogP contribution < -0.4 is 10.6 Å². The maximum Gasteiger partial charge on any atom is 0.329 e. The van der Waals surface area contributed by atoms with Crippen LogP contribution in [0.15, 0.2) is 52.8 Å². The quantitative estimate of drug-likeness (QED) is 0.421. The van der Waals surface area contributed by atoms with Crippen LogP contribution in [0.5, 0.6) is 0 Å². The minimum atomic E-state index is -0.173. The molecule has 9 nitrogen and oxygen atoms in total. The molecular formula is C25H25N7O2S. The average molecular weight is 488 g/mol. The second-order valence-corrected chi connectivity index (χ2v) is 9.73. The van der Waals surface area contributed by atoms with E-state index in [-0.39, 0.29) is 18.1 Å². The van der Waals surface area contributed by atoms with Crippen LogP contribution in [0, 0.1) is 6.92 Å². The number of hydrogen-bond acceptors (Lipinski definition) is 6. The number of carbonyl (C=O) groups is 1. The number of para-hydroxylation sites is 2. The highest BCUT2D eigenvalue weighted by Crippen LogP contribution is 2.34. The Morgan fingerprint density at radius 1 is 1.09 bits per heavy atom. The fourth-order valence-corrected chi connectivity index (χ4v) is 5.62. The van der Waals surface area contributed by atoms with Crippen molar-refractivity contribution in [3.63, 3.8) is 0 Å². The first-order valence-electron chi connectivity index (χ1n) is 11.6. The number of rotatable bonds is 4. The van der Waals surface area contributed by atoms with Crippen LogP contribution in [0.1, 0.15) is 5.56 Å². The SMILES string of the molecule is Cc1ccc2[nH]c(-c3ncsc3N3CCN(C(=O)Cn4c(=O)n(C)c5ccccc54)CC3)nc2c1. The third kappa shape index (κ3) is 3.70. The van der Waals surface area contributed by atoms with E-state index in [4.69, 9.17) is 4.98 Å². The number of benzene rings is 2. The van der Waals surface area contributed by atoms with Gasteiger partial charge in [-0.3, -0.25) is 13.9 Å². The summed E-state index contributed by atoms with van der Waals surface area (Å²) in [6.07, 6.45) is 0. The summed E-state index contributed by atoms with van der Waals surface area (Å²) in [6, 6.07) is 13.7. The number of fused-ring (bicyclic) bond motifs is 2. The fraction of sp³-hybridized carbons (Fsp3) is 0.280. The highest BCUT2D eigenvalue weighted by Gasteiger charge is 2.26. The Kier molecular flexibility index (Phi) is 5.18. The molecule has 1 aliphatic rings. The summed E-state index contributed by atoms with van der Waals surface area (Å²) in [6.45, 7) is 4.68. The number of hydrogen-bond donors (Lipinski definition) is 1. The van der Waals surface area contributed by atoms with Gasteiger partial charge in [-0.05, 0) is 36.8 Å². The monoisotopic (exact) mass is 487 g/mol. The van der Waals surface area contributed by atoms with Crippen LogP contribution in [-0.4, -0.2) is 61.1 Å². The summed E-state index contributed by atoms with van der Waals surface area (Å²) in [5.41, 5.74) is 7.20. The Balaban J connectivity index is 1.17. The average Bonchev–Trinajstić information content (AvgIpc) is 3.58. The van der Waals surface area contributed by atoms with Crippen LogP contribution in [0.25, 0.3) is 33.6 Å². The number of amides is 1. The van der Waals surface area contributed by atoms with Crippen molar-refractivity contribution in [2.45, 2.75) is 13.5 Å². The molecule has 2 aromatic carbocycles. The Labute approximate surface area is 205 Å². The van der Waals surface area contributed by atoms with E-state index in [0.717, 1.165) is 38.6 Å². The second kappa shape index (κ2) is 8.38. The van der Waals surface area contributed by atoms with E-state index in [9.17, 15) is 9.59 Å². The van der Waals surface area contributed by atoms with E-state index >= 15 is 0 Å². The van der Waals surface area contributed by atoms with Crippen LogP contribution in [0.4, 0.5) is 5.00 Å². The number of carbonyl (C=O) groups excluding carboxylic acids is 1. The number of thiazole rings is 1. The molecule has 1 saturated heterocycles. The minimum Gasteiger partial charge on any atom is -0.358 e. The highest BCUT2D eigenvalue weighted by molar-refractivity contribution is 7.14. The topological polar surface area (TPSA) is 92.0 Å². The fourth-order valence-electron chi connectivity index (χ4n) is 4.76. The van der Waals surface area contributed by atoms with E-state index in [1.54, 1.807) is 27.5 Å².